The maximum Gasteiger partial charge on any atom is 0.240 e. The van der Waals surface area contributed by atoms with E-state index in [1.807, 2.05) is 30.3 Å². The maximum absolute atomic E-state index is 12.1. The van der Waals surface area contributed by atoms with E-state index >= 15 is 0 Å². The molecule has 23 heavy (non-hydrogen) atoms. The van der Waals surface area contributed by atoms with Gasteiger partial charge < -0.3 is 8.83 Å². The van der Waals surface area contributed by atoms with Crippen molar-refractivity contribution in [1.29, 1.82) is 0 Å². The van der Waals surface area contributed by atoms with Gasteiger partial charge in [-0.15, -0.1) is 0 Å². The maximum atomic E-state index is 12.1. The molecule has 0 radical (unpaired) electrons. The first-order valence-corrected chi connectivity index (χ1v) is 7.90. The average molecular weight is 310 g/mol. The molecule has 1 aliphatic heterocycles. The summed E-state index contributed by atoms with van der Waals surface area (Å²) in [6.45, 7) is 1.55. The van der Waals surface area contributed by atoms with Crippen molar-refractivity contribution in [2.24, 2.45) is 11.0 Å². The molecule has 2 aromatic rings. The zero-order valence-electron chi connectivity index (χ0n) is 12.9. The molecular formula is C18H18N2O3. The number of hydrazone groups is 1. The summed E-state index contributed by atoms with van der Waals surface area (Å²) in [4.78, 5) is 12.1. The highest BCUT2D eigenvalue weighted by molar-refractivity contribution is 6.07. The Morgan fingerprint density at radius 1 is 1.30 bits per heavy atom. The first kappa shape index (κ1) is 14.1. The lowest BCUT2D eigenvalue weighted by atomic mass is 9.79. The third-order valence-electron chi connectivity index (χ3n) is 4.52. The summed E-state index contributed by atoms with van der Waals surface area (Å²) in [5, 5.41) is 6.21. The largest absolute Gasteiger partial charge is 0.467 e. The third-order valence-corrected chi connectivity index (χ3v) is 4.52. The highest BCUT2D eigenvalue weighted by atomic mass is 16.3. The molecule has 3 heterocycles. The number of rotatable bonds is 2. The molecule has 1 amide bonds. The first-order valence-electron chi connectivity index (χ1n) is 7.90. The second-order valence-corrected chi connectivity index (χ2v) is 5.99. The van der Waals surface area contributed by atoms with Gasteiger partial charge in [0.05, 0.1) is 18.2 Å². The first-order chi connectivity index (χ1) is 11.2. The van der Waals surface area contributed by atoms with E-state index in [1.54, 1.807) is 24.5 Å². The van der Waals surface area contributed by atoms with Crippen molar-refractivity contribution in [2.75, 3.05) is 0 Å². The molecule has 2 aromatic heterocycles. The van der Waals surface area contributed by atoms with Crippen LogP contribution in [0.25, 0.3) is 6.08 Å². The van der Waals surface area contributed by atoms with E-state index in [0.717, 1.165) is 42.1 Å². The molecule has 0 N–H and O–H groups in total. The van der Waals surface area contributed by atoms with Gasteiger partial charge in [0.15, 0.2) is 0 Å². The average Bonchev–Trinajstić information content (AvgIpc) is 3.27. The molecule has 1 fully saturated rings. The van der Waals surface area contributed by atoms with Crippen LogP contribution in [-0.4, -0.2) is 16.6 Å². The number of nitrogens with zero attached hydrogens (tertiary/aromatic N) is 2. The lowest BCUT2D eigenvalue weighted by Gasteiger charge is -2.27. The van der Waals surface area contributed by atoms with Crippen LogP contribution in [-0.2, 0) is 4.79 Å². The molecule has 2 unspecified atom stereocenters. The van der Waals surface area contributed by atoms with E-state index in [-0.39, 0.29) is 17.9 Å². The molecule has 2 atom stereocenters. The van der Waals surface area contributed by atoms with Gasteiger partial charge in [0.1, 0.15) is 17.6 Å². The van der Waals surface area contributed by atoms with Gasteiger partial charge in [-0.3, -0.25) is 4.79 Å². The minimum absolute atomic E-state index is 0.0642. The van der Waals surface area contributed by atoms with Gasteiger partial charge in [-0.1, -0.05) is 0 Å². The van der Waals surface area contributed by atoms with E-state index in [2.05, 4.69) is 5.10 Å². The molecule has 0 spiro atoms. The van der Waals surface area contributed by atoms with Crippen LogP contribution in [0.5, 0.6) is 0 Å². The van der Waals surface area contributed by atoms with Crippen molar-refractivity contribution >= 4 is 17.7 Å². The predicted octanol–water partition coefficient (Wildman–Crippen LogP) is 4.02. The highest BCUT2D eigenvalue weighted by Gasteiger charge is 2.44. The second-order valence-electron chi connectivity index (χ2n) is 5.99. The SMILES string of the molecule is CC(=O)N1N=C2C(=Cc3ccco3)CCCC2C1c1ccco1. The second kappa shape index (κ2) is 5.57. The number of amides is 1. The van der Waals surface area contributed by atoms with Crippen LogP contribution in [0.2, 0.25) is 0 Å². The van der Waals surface area contributed by atoms with Gasteiger partial charge in [0.25, 0.3) is 0 Å². The zero-order chi connectivity index (χ0) is 15.8. The van der Waals surface area contributed by atoms with Gasteiger partial charge in [-0.25, -0.2) is 5.01 Å². The number of hydrogen-bond acceptors (Lipinski definition) is 4. The van der Waals surface area contributed by atoms with Crippen LogP contribution in [0.3, 0.4) is 0 Å². The molecule has 0 saturated heterocycles. The zero-order valence-corrected chi connectivity index (χ0v) is 12.9. The lowest BCUT2D eigenvalue weighted by Crippen LogP contribution is -2.30. The number of furan rings is 2. The Hall–Kier alpha value is -2.56. The topological polar surface area (TPSA) is 59.0 Å². The fourth-order valence-electron chi connectivity index (χ4n) is 3.55. The number of carbonyl (C=O) groups is 1. The normalized spacial score (nSPS) is 25.5. The Morgan fingerprint density at radius 3 is 2.83 bits per heavy atom. The van der Waals surface area contributed by atoms with E-state index in [0.29, 0.717) is 0 Å². The van der Waals surface area contributed by atoms with Crippen LogP contribution in [0.15, 0.2) is 56.3 Å². The minimum atomic E-state index is -0.141. The smallest absolute Gasteiger partial charge is 0.240 e. The van der Waals surface area contributed by atoms with Gasteiger partial charge in [-0.05, 0) is 55.2 Å². The lowest BCUT2D eigenvalue weighted by molar-refractivity contribution is -0.131. The number of fused-ring (bicyclic) bond motifs is 1. The number of allylic oxidation sites excluding steroid dienone is 1. The van der Waals surface area contributed by atoms with Crippen LogP contribution in [0.1, 0.15) is 43.7 Å². The number of carbonyl (C=O) groups excluding carboxylic acids is 1. The van der Waals surface area contributed by atoms with Gasteiger partial charge >= 0.3 is 0 Å². The fourth-order valence-corrected chi connectivity index (χ4v) is 3.55. The van der Waals surface area contributed by atoms with Crippen LogP contribution >= 0.6 is 0 Å². The summed E-state index contributed by atoms with van der Waals surface area (Å²) >= 11 is 0. The van der Waals surface area contributed by atoms with E-state index < -0.39 is 0 Å². The summed E-state index contributed by atoms with van der Waals surface area (Å²) in [7, 11) is 0. The van der Waals surface area contributed by atoms with Crippen molar-refractivity contribution in [3.05, 3.63) is 53.9 Å². The summed E-state index contributed by atoms with van der Waals surface area (Å²) in [5.41, 5.74) is 2.14. The van der Waals surface area contributed by atoms with Crippen LogP contribution in [0, 0.1) is 5.92 Å². The van der Waals surface area contributed by atoms with E-state index in [9.17, 15) is 4.79 Å². The summed E-state index contributed by atoms with van der Waals surface area (Å²) in [5.74, 6) is 1.73. The van der Waals surface area contributed by atoms with Crippen LogP contribution in [0.4, 0.5) is 0 Å². The van der Waals surface area contributed by atoms with Crippen molar-refractivity contribution < 1.29 is 13.6 Å². The van der Waals surface area contributed by atoms with E-state index in [1.165, 1.54) is 0 Å². The molecule has 1 aliphatic carbocycles. The summed E-state index contributed by atoms with van der Waals surface area (Å²) < 4.78 is 11.0. The standard InChI is InChI=1S/C18H18N2O3/c1-12(21)20-18(16-8-4-10-23-16)15-7-2-5-13(17(15)19-20)11-14-6-3-9-22-14/h3-4,6,8-11,15,18H,2,5,7H2,1H3. The van der Waals surface area contributed by atoms with Gasteiger partial charge in [-0.2, -0.15) is 5.10 Å². The van der Waals surface area contributed by atoms with Crippen LogP contribution < -0.4 is 0 Å². The van der Waals surface area contributed by atoms with E-state index in [4.69, 9.17) is 8.83 Å². The Morgan fingerprint density at radius 2 is 2.13 bits per heavy atom. The Labute approximate surface area is 134 Å². The third kappa shape index (κ3) is 2.42. The summed E-state index contributed by atoms with van der Waals surface area (Å²) in [6.07, 6.45) is 8.37. The van der Waals surface area contributed by atoms with Gasteiger partial charge in [0.2, 0.25) is 5.91 Å². The minimum Gasteiger partial charge on any atom is -0.467 e. The molecule has 2 aliphatic rings. The monoisotopic (exact) mass is 310 g/mol. The Kier molecular flexibility index (Phi) is 3.41. The Balaban J connectivity index is 1.74. The molecule has 5 heteroatoms. The molecule has 4 rings (SSSR count). The van der Waals surface area contributed by atoms with Crippen molar-refractivity contribution in [3.63, 3.8) is 0 Å². The predicted molar refractivity (Wildman–Crippen MR) is 85.4 cm³/mol. The molecule has 1 saturated carbocycles. The molecule has 118 valence electrons. The molecular weight excluding hydrogens is 292 g/mol. The molecule has 0 aromatic carbocycles. The van der Waals surface area contributed by atoms with Crippen molar-refractivity contribution in [2.45, 2.75) is 32.2 Å². The highest BCUT2D eigenvalue weighted by Crippen LogP contribution is 2.44. The van der Waals surface area contributed by atoms with Crippen molar-refractivity contribution in [3.8, 4) is 0 Å². The molecule has 5 nitrogen and oxygen atoms in total. The summed E-state index contributed by atoms with van der Waals surface area (Å²) in [6, 6.07) is 7.44. The van der Waals surface area contributed by atoms with Crippen molar-refractivity contribution in [1.82, 2.24) is 5.01 Å². The quantitative estimate of drug-likeness (QED) is 0.842. The fraction of sp³-hybridized carbons (Fsp3) is 0.333. The van der Waals surface area contributed by atoms with Gasteiger partial charge in [0, 0.05) is 12.8 Å². The molecule has 0 bridgehead atoms. The number of hydrogen-bond donors (Lipinski definition) is 0. The Bertz CT molecular complexity index is 756.